The second-order valence-corrected chi connectivity index (χ2v) is 4.96. The van der Waals surface area contributed by atoms with Crippen LogP contribution in [0.5, 0.6) is 5.75 Å². The number of para-hydroxylation sites is 1. The standard InChI is InChI=1S/C10H11NO3S/c1-14-9-5-2-3-6-10(9)15(12,13)8-4-7-11/h2-3,5-6H,4,8H2,1H3. The van der Waals surface area contributed by atoms with Gasteiger partial charge in [-0.25, -0.2) is 8.42 Å². The fraction of sp³-hybridized carbons (Fsp3) is 0.300. The summed E-state index contributed by atoms with van der Waals surface area (Å²) in [7, 11) is -2.00. The molecular weight excluding hydrogens is 214 g/mol. The van der Waals surface area contributed by atoms with Crippen molar-refractivity contribution in [2.45, 2.75) is 11.3 Å². The molecule has 1 aromatic carbocycles. The molecule has 0 spiro atoms. The molecule has 0 saturated heterocycles. The number of benzene rings is 1. The first-order valence-electron chi connectivity index (χ1n) is 4.34. The van der Waals surface area contributed by atoms with Crippen LogP contribution < -0.4 is 4.74 Å². The second-order valence-electron chi connectivity index (χ2n) is 2.88. The summed E-state index contributed by atoms with van der Waals surface area (Å²) in [5.74, 6) is 0.139. The Morgan fingerprint density at radius 1 is 1.40 bits per heavy atom. The molecule has 15 heavy (non-hydrogen) atoms. The van der Waals surface area contributed by atoms with E-state index in [0.717, 1.165) is 0 Å². The van der Waals surface area contributed by atoms with Crippen molar-refractivity contribution in [1.29, 1.82) is 5.26 Å². The number of nitrogens with zero attached hydrogens (tertiary/aromatic N) is 1. The third-order valence-corrected chi connectivity index (χ3v) is 3.64. The quantitative estimate of drug-likeness (QED) is 0.776. The van der Waals surface area contributed by atoms with Gasteiger partial charge in [-0.3, -0.25) is 0 Å². The van der Waals surface area contributed by atoms with Gasteiger partial charge in [-0.05, 0) is 12.1 Å². The molecule has 0 aliphatic heterocycles. The van der Waals surface area contributed by atoms with Crippen molar-refractivity contribution in [3.63, 3.8) is 0 Å². The first-order chi connectivity index (χ1) is 7.11. The average Bonchev–Trinajstić information content (AvgIpc) is 2.26. The molecule has 0 N–H and O–H groups in total. The highest BCUT2D eigenvalue weighted by molar-refractivity contribution is 7.91. The van der Waals surface area contributed by atoms with Gasteiger partial charge in [-0.2, -0.15) is 5.26 Å². The minimum atomic E-state index is -3.41. The lowest BCUT2D eigenvalue weighted by atomic mass is 10.3. The molecule has 5 heteroatoms. The van der Waals surface area contributed by atoms with E-state index in [2.05, 4.69) is 0 Å². The molecule has 0 aliphatic rings. The number of nitriles is 1. The fourth-order valence-corrected chi connectivity index (χ4v) is 2.49. The molecule has 0 atom stereocenters. The molecule has 0 amide bonds. The Kier molecular flexibility index (Phi) is 3.69. The third kappa shape index (κ3) is 2.70. The monoisotopic (exact) mass is 225 g/mol. The number of hydrogen-bond donors (Lipinski definition) is 0. The fourth-order valence-electron chi connectivity index (χ4n) is 1.17. The summed E-state index contributed by atoms with van der Waals surface area (Å²) in [6.45, 7) is 0. The van der Waals surface area contributed by atoms with Crippen LogP contribution in [0.15, 0.2) is 29.2 Å². The maximum atomic E-state index is 11.7. The zero-order chi connectivity index (χ0) is 11.3. The Labute approximate surface area is 89.0 Å². The van der Waals surface area contributed by atoms with Gasteiger partial charge in [0.25, 0.3) is 0 Å². The van der Waals surface area contributed by atoms with Gasteiger partial charge in [0, 0.05) is 6.42 Å². The van der Waals surface area contributed by atoms with Crippen LogP contribution in [0.2, 0.25) is 0 Å². The van der Waals surface area contributed by atoms with Gasteiger partial charge in [-0.1, -0.05) is 12.1 Å². The van der Waals surface area contributed by atoms with Gasteiger partial charge in [0.15, 0.2) is 9.84 Å². The van der Waals surface area contributed by atoms with E-state index in [-0.39, 0.29) is 17.1 Å². The Balaban J connectivity index is 3.10. The molecule has 0 aromatic heterocycles. The van der Waals surface area contributed by atoms with Gasteiger partial charge in [0.1, 0.15) is 10.6 Å². The van der Waals surface area contributed by atoms with Crippen LogP contribution in [0, 0.1) is 11.3 Å². The SMILES string of the molecule is COc1ccccc1S(=O)(=O)CCC#N. The predicted molar refractivity (Wildman–Crippen MR) is 55.3 cm³/mol. The minimum absolute atomic E-state index is 0.0135. The molecule has 4 nitrogen and oxygen atoms in total. The molecule has 1 rings (SSSR count). The van der Waals surface area contributed by atoms with Crippen molar-refractivity contribution in [3.8, 4) is 11.8 Å². The summed E-state index contributed by atoms with van der Waals surface area (Å²) < 4.78 is 28.4. The Bertz CT molecular complexity index is 474. The van der Waals surface area contributed by atoms with Crippen LogP contribution in [0.4, 0.5) is 0 Å². The number of ether oxygens (including phenoxy) is 1. The van der Waals surface area contributed by atoms with Crippen LogP contribution in [0.1, 0.15) is 6.42 Å². The van der Waals surface area contributed by atoms with Gasteiger partial charge in [0.05, 0.1) is 18.9 Å². The molecular formula is C10H11NO3S. The van der Waals surface area contributed by atoms with E-state index in [1.54, 1.807) is 18.2 Å². The highest BCUT2D eigenvalue weighted by atomic mass is 32.2. The second kappa shape index (κ2) is 4.80. The lowest BCUT2D eigenvalue weighted by Crippen LogP contribution is -2.07. The Hall–Kier alpha value is -1.54. The smallest absolute Gasteiger partial charge is 0.183 e. The lowest BCUT2D eigenvalue weighted by Gasteiger charge is -2.07. The molecule has 0 bridgehead atoms. The Morgan fingerprint density at radius 3 is 2.67 bits per heavy atom. The maximum absolute atomic E-state index is 11.7. The van der Waals surface area contributed by atoms with Gasteiger partial charge in [-0.15, -0.1) is 0 Å². The summed E-state index contributed by atoms with van der Waals surface area (Å²) in [6, 6.07) is 8.19. The number of rotatable bonds is 4. The topological polar surface area (TPSA) is 67.2 Å². The summed E-state index contributed by atoms with van der Waals surface area (Å²) >= 11 is 0. The van der Waals surface area contributed by atoms with Crippen LogP contribution in [0.3, 0.4) is 0 Å². The maximum Gasteiger partial charge on any atom is 0.183 e. The molecule has 0 radical (unpaired) electrons. The lowest BCUT2D eigenvalue weighted by molar-refractivity contribution is 0.402. The van der Waals surface area contributed by atoms with Gasteiger partial charge < -0.3 is 4.74 Å². The summed E-state index contributed by atoms with van der Waals surface area (Å²) in [5, 5.41) is 8.36. The number of sulfone groups is 1. The first-order valence-corrected chi connectivity index (χ1v) is 6.00. The molecule has 0 unspecified atom stereocenters. The van der Waals surface area contributed by atoms with Crippen molar-refractivity contribution in [2.75, 3.05) is 12.9 Å². The van der Waals surface area contributed by atoms with E-state index < -0.39 is 9.84 Å². The predicted octanol–water partition coefficient (Wildman–Crippen LogP) is 1.38. The van der Waals surface area contributed by atoms with Crippen molar-refractivity contribution in [1.82, 2.24) is 0 Å². The van der Waals surface area contributed by atoms with Gasteiger partial charge in [0.2, 0.25) is 0 Å². The van der Waals surface area contributed by atoms with Crippen molar-refractivity contribution >= 4 is 9.84 Å². The van der Waals surface area contributed by atoms with Crippen molar-refractivity contribution < 1.29 is 13.2 Å². The van der Waals surface area contributed by atoms with Gasteiger partial charge >= 0.3 is 0 Å². The summed E-state index contributed by atoms with van der Waals surface area (Å²) in [4.78, 5) is 0.141. The number of hydrogen-bond acceptors (Lipinski definition) is 4. The zero-order valence-corrected chi connectivity index (χ0v) is 9.12. The average molecular weight is 225 g/mol. The van der Waals surface area contributed by atoms with E-state index in [0.29, 0.717) is 5.75 Å². The normalized spacial score (nSPS) is 10.7. The molecule has 1 aromatic rings. The third-order valence-electron chi connectivity index (χ3n) is 1.89. The summed E-state index contributed by atoms with van der Waals surface area (Å²) in [5.41, 5.74) is 0. The van der Waals surface area contributed by atoms with Crippen LogP contribution in [0.25, 0.3) is 0 Å². The number of methoxy groups -OCH3 is 1. The van der Waals surface area contributed by atoms with Crippen LogP contribution in [-0.4, -0.2) is 21.3 Å². The van der Waals surface area contributed by atoms with E-state index in [4.69, 9.17) is 10.00 Å². The molecule has 80 valence electrons. The van der Waals surface area contributed by atoms with Crippen molar-refractivity contribution in [2.24, 2.45) is 0 Å². The van der Waals surface area contributed by atoms with E-state index >= 15 is 0 Å². The van der Waals surface area contributed by atoms with Crippen LogP contribution >= 0.6 is 0 Å². The first kappa shape index (κ1) is 11.5. The Morgan fingerprint density at radius 2 is 2.07 bits per heavy atom. The summed E-state index contributed by atoms with van der Waals surface area (Å²) in [6.07, 6.45) is -0.0135. The molecule has 0 aliphatic carbocycles. The van der Waals surface area contributed by atoms with Crippen molar-refractivity contribution in [3.05, 3.63) is 24.3 Å². The molecule has 0 heterocycles. The van der Waals surface area contributed by atoms with Crippen LogP contribution in [-0.2, 0) is 9.84 Å². The van der Waals surface area contributed by atoms with E-state index in [1.165, 1.54) is 13.2 Å². The van der Waals surface area contributed by atoms with E-state index in [1.807, 2.05) is 6.07 Å². The molecule has 0 fully saturated rings. The largest absolute Gasteiger partial charge is 0.495 e. The highest BCUT2D eigenvalue weighted by Crippen LogP contribution is 2.24. The highest BCUT2D eigenvalue weighted by Gasteiger charge is 2.18. The molecule has 0 saturated carbocycles. The van der Waals surface area contributed by atoms with E-state index in [9.17, 15) is 8.42 Å². The minimum Gasteiger partial charge on any atom is -0.495 e. The zero-order valence-electron chi connectivity index (χ0n) is 8.30.